The van der Waals surface area contributed by atoms with E-state index in [0.717, 1.165) is 11.1 Å². The molecule has 1 amide bonds. The number of nitrogens with zero attached hydrogens (tertiary/aromatic N) is 2. The van der Waals surface area contributed by atoms with Crippen molar-refractivity contribution >= 4 is 11.9 Å². The van der Waals surface area contributed by atoms with Crippen LogP contribution in [0.25, 0.3) is 5.69 Å². The van der Waals surface area contributed by atoms with Gasteiger partial charge in [0.05, 0.1) is 11.6 Å². The van der Waals surface area contributed by atoms with Crippen LogP contribution < -0.4 is 10.9 Å². The number of nitrogens with one attached hydrogen (secondary N) is 1. The number of hydrogen-bond donors (Lipinski definition) is 2. The first kappa shape index (κ1) is 15.9. The number of carbonyl (C=O) groups excluding carboxylic acids is 1. The zero-order valence-corrected chi connectivity index (χ0v) is 12.9. The standard InChI is InChI=1S/C17H17N3O4/c21-15-10-9-14(19-20(15)11-5-2-1-3-6-11)16(22)18-13-8-4-7-12(13)17(23)24/h1-3,5-6,9-10,12-13H,4,7-8H2,(H,18,22)(H,23,24)/t12-,13+/m1/s1. The molecule has 124 valence electrons. The zero-order chi connectivity index (χ0) is 17.1. The highest BCUT2D eigenvalue weighted by Crippen LogP contribution is 2.26. The molecule has 0 saturated heterocycles. The Hall–Kier alpha value is -2.96. The predicted octanol–water partition coefficient (Wildman–Crippen LogP) is 1.22. The monoisotopic (exact) mass is 327 g/mol. The number of rotatable bonds is 4. The molecule has 1 aliphatic rings. The van der Waals surface area contributed by atoms with E-state index in [1.54, 1.807) is 24.3 Å². The zero-order valence-electron chi connectivity index (χ0n) is 12.9. The van der Waals surface area contributed by atoms with Crippen molar-refractivity contribution in [3.8, 4) is 5.69 Å². The van der Waals surface area contributed by atoms with Crippen LogP contribution in [0.1, 0.15) is 29.8 Å². The highest BCUT2D eigenvalue weighted by molar-refractivity contribution is 5.92. The molecule has 2 N–H and O–H groups in total. The Labute approximate surface area is 137 Å². The molecular formula is C17H17N3O4. The lowest BCUT2D eigenvalue weighted by Gasteiger charge is -2.17. The third-order valence-corrected chi connectivity index (χ3v) is 4.18. The van der Waals surface area contributed by atoms with E-state index in [1.165, 1.54) is 12.1 Å². The third-order valence-electron chi connectivity index (χ3n) is 4.18. The van der Waals surface area contributed by atoms with Crippen LogP contribution in [0.5, 0.6) is 0 Å². The molecule has 2 aromatic rings. The van der Waals surface area contributed by atoms with E-state index in [0.29, 0.717) is 18.5 Å². The average Bonchev–Trinajstić information content (AvgIpc) is 3.04. The summed E-state index contributed by atoms with van der Waals surface area (Å²) in [5.41, 5.74) is 0.290. The maximum absolute atomic E-state index is 12.4. The Kier molecular flexibility index (Phi) is 4.41. The summed E-state index contributed by atoms with van der Waals surface area (Å²) in [6.07, 6.45) is 1.94. The van der Waals surface area contributed by atoms with E-state index in [1.807, 2.05) is 6.07 Å². The molecule has 7 nitrogen and oxygen atoms in total. The molecule has 1 fully saturated rings. The Morgan fingerprint density at radius 1 is 1.12 bits per heavy atom. The van der Waals surface area contributed by atoms with Crippen LogP contribution in [-0.2, 0) is 4.79 Å². The molecule has 0 radical (unpaired) electrons. The minimum Gasteiger partial charge on any atom is -0.481 e. The quantitative estimate of drug-likeness (QED) is 0.879. The number of carboxylic acid groups (broad SMARTS) is 1. The Bertz CT molecular complexity index is 816. The second-order valence-electron chi connectivity index (χ2n) is 5.76. The van der Waals surface area contributed by atoms with Crippen molar-refractivity contribution in [3.63, 3.8) is 0 Å². The SMILES string of the molecule is O=C(N[C@H]1CCC[C@H]1C(=O)O)c1ccc(=O)n(-c2ccccc2)n1. The van der Waals surface area contributed by atoms with Crippen LogP contribution in [0.4, 0.5) is 0 Å². The van der Waals surface area contributed by atoms with Crippen molar-refractivity contribution in [1.29, 1.82) is 0 Å². The lowest BCUT2D eigenvalue weighted by atomic mass is 10.0. The summed E-state index contributed by atoms with van der Waals surface area (Å²) in [6.45, 7) is 0. The Balaban J connectivity index is 1.83. The van der Waals surface area contributed by atoms with Gasteiger partial charge in [-0.3, -0.25) is 14.4 Å². The van der Waals surface area contributed by atoms with E-state index in [4.69, 9.17) is 0 Å². The molecule has 3 rings (SSSR count). The minimum absolute atomic E-state index is 0.0782. The number of para-hydroxylation sites is 1. The van der Waals surface area contributed by atoms with Crippen LogP contribution in [0, 0.1) is 5.92 Å². The van der Waals surface area contributed by atoms with E-state index < -0.39 is 23.8 Å². The minimum atomic E-state index is -0.903. The summed E-state index contributed by atoms with van der Waals surface area (Å²) in [6, 6.07) is 11.0. The summed E-state index contributed by atoms with van der Waals surface area (Å²) in [5, 5.41) is 16.0. The van der Waals surface area contributed by atoms with Crippen LogP contribution in [0.15, 0.2) is 47.3 Å². The second kappa shape index (κ2) is 6.66. The number of carboxylic acids is 1. The van der Waals surface area contributed by atoms with Crippen molar-refractivity contribution in [2.45, 2.75) is 25.3 Å². The van der Waals surface area contributed by atoms with Crippen LogP contribution in [-0.4, -0.2) is 32.8 Å². The summed E-state index contributed by atoms with van der Waals surface area (Å²) >= 11 is 0. The molecule has 7 heteroatoms. The molecule has 1 saturated carbocycles. The second-order valence-corrected chi connectivity index (χ2v) is 5.76. The predicted molar refractivity (Wildman–Crippen MR) is 86.1 cm³/mol. The Morgan fingerprint density at radius 2 is 1.88 bits per heavy atom. The number of aliphatic carboxylic acids is 1. The van der Waals surface area contributed by atoms with E-state index in [2.05, 4.69) is 10.4 Å². The molecule has 1 aromatic carbocycles. The van der Waals surface area contributed by atoms with Crippen molar-refractivity contribution in [1.82, 2.24) is 15.1 Å². The summed E-state index contributed by atoms with van der Waals surface area (Å²) < 4.78 is 1.15. The summed E-state index contributed by atoms with van der Waals surface area (Å²) in [4.78, 5) is 35.6. The lowest BCUT2D eigenvalue weighted by molar-refractivity contribution is -0.142. The fourth-order valence-electron chi connectivity index (χ4n) is 2.96. The average molecular weight is 327 g/mol. The van der Waals surface area contributed by atoms with Gasteiger partial charge in [-0.15, -0.1) is 0 Å². The Morgan fingerprint density at radius 3 is 2.58 bits per heavy atom. The molecular weight excluding hydrogens is 310 g/mol. The van der Waals surface area contributed by atoms with Crippen molar-refractivity contribution in [3.05, 3.63) is 58.5 Å². The molecule has 24 heavy (non-hydrogen) atoms. The third kappa shape index (κ3) is 3.19. The smallest absolute Gasteiger partial charge is 0.308 e. The highest BCUT2D eigenvalue weighted by Gasteiger charge is 2.34. The fourth-order valence-corrected chi connectivity index (χ4v) is 2.96. The first-order chi connectivity index (χ1) is 11.6. The van der Waals surface area contributed by atoms with E-state index in [9.17, 15) is 19.5 Å². The van der Waals surface area contributed by atoms with Crippen molar-refractivity contribution < 1.29 is 14.7 Å². The summed E-state index contributed by atoms with van der Waals surface area (Å²) in [5.74, 6) is -1.95. The van der Waals surface area contributed by atoms with Crippen LogP contribution in [0.3, 0.4) is 0 Å². The van der Waals surface area contributed by atoms with Gasteiger partial charge in [0.25, 0.3) is 11.5 Å². The largest absolute Gasteiger partial charge is 0.481 e. The lowest BCUT2D eigenvalue weighted by Crippen LogP contribution is -2.41. The van der Waals surface area contributed by atoms with Gasteiger partial charge in [0.1, 0.15) is 5.69 Å². The number of carbonyl (C=O) groups is 2. The van der Waals surface area contributed by atoms with Crippen molar-refractivity contribution in [2.75, 3.05) is 0 Å². The van der Waals surface area contributed by atoms with Gasteiger partial charge in [-0.1, -0.05) is 24.6 Å². The molecule has 0 bridgehead atoms. The van der Waals surface area contributed by atoms with Gasteiger partial charge in [-0.25, -0.2) is 0 Å². The first-order valence-electron chi connectivity index (χ1n) is 7.76. The number of hydrogen-bond acceptors (Lipinski definition) is 4. The van der Waals surface area contributed by atoms with Gasteiger partial charge >= 0.3 is 5.97 Å². The highest BCUT2D eigenvalue weighted by atomic mass is 16.4. The molecule has 0 aliphatic heterocycles. The molecule has 0 unspecified atom stereocenters. The number of aromatic nitrogens is 2. The molecule has 1 aliphatic carbocycles. The van der Waals surface area contributed by atoms with Gasteiger partial charge in [0.15, 0.2) is 0 Å². The molecule has 2 atom stereocenters. The molecule has 1 heterocycles. The fraction of sp³-hybridized carbons (Fsp3) is 0.294. The van der Waals surface area contributed by atoms with Crippen LogP contribution >= 0.6 is 0 Å². The summed E-state index contributed by atoms with van der Waals surface area (Å²) in [7, 11) is 0. The van der Waals surface area contributed by atoms with Gasteiger partial charge in [-0.2, -0.15) is 9.78 Å². The normalized spacial score (nSPS) is 19.8. The topological polar surface area (TPSA) is 101 Å². The first-order valence-corrected chi connectivity index (χ1v) is 7.76. The maximum Gasteiger partial charge on any atom is 0.308 e. The molecule has 1 aromatic heterocycles. The van der Waals surface area contributed by atoms with Crippen LogP contribution in [0.2, 0.25) is 0 Å². The maximum atomic E-state index is 12.4. The van der Waals surface area contributed by atoms with Gasteiger partial charge < -0.3 is 10.4 Å². The number of amides is 1. The number of benzene rings is 1. The van der Waals surface area contributed by atoms with E-state index >= 15 is 0 Å². The van der Waals surface area contributed by atoms with E-state index in [-0.39, 0.29) is 11.3 Å². The van der Waals surface area contributed by atoms with Gasteiger partial charge in [0, 0.05) is 12.1 Å². The van der Waals surface area contributed by atoms with Gasteiger partial charge in [0.2, 0.25) is 0 Å². The molecule has 0 spiro atoms. The van der Waals surface area contributed by atoms with Gasteiger partial charge in [-0.05, 0) is 31.0 Å². The van der Waals surface area contributed by atoms with Crippen molar-refractivity contribution in [2.24, 2.45) is 5.92 Å².